The summed E-state index contributed by atoms with van der Waals surface area (Å²) in [4.78, 5) is 58.1. The number of nitrogens with zero attached hydrogens (tertiary/aromatic N) is 5. The van der Waals surface area contributed by atoms with Gasteiger partial charge in [-0.2, -0.15) is 0 Å². The monoisotopic (exact) mass is 853 g/mol. The predicted molar refractivity (Wildman–Crippen MR) is 232 cm³/mol. The van der Waals surface area contributed by atoms with E-state index in [-0.39, 0.29) is 22.8 Å². The molecule has 12 nitrogen and oxygen atoms in total. The molecule has 3 amide bonds. The van der Waals surface area contributed by atoms with Crippen LogP contribution in [0.3, 0.4) is 0 Å². The van der Waals surface area contributed by atoms with Gasteiger partial charge in [0.25, 0.3) is 17.7 Å². The number of hydrogen-bond acceptors (Lipinski definition) is 10. The molecule has 58 heavy (non-hydrogen) atoms. The van der Waals surface area contributed by atoms with E-state index in [0.717, 1.165) is 32.5 Å². The Kier molecular flexibility index (Phi) is 14.1. The lowest BCUT2D eigenvalue weighted by molar-refractivity contribution is 0.0935. The molecule has 298 valence electrons. The van der Waals surface area contributed by atoms with Crippen LogP contribution in [0.1, 0.15) is 80.2 Å². The zero-order chi connectivity index (χ0) is 42.2. The van der Waals surface area contributed by atoms with Crippen molar-refractivity contribution in [3.63, 3.8) is 0 Å². The SMILES string of the molecule is Cc1ncc(C(=O)NN)cc1C(=O)NCC(C)(C)c1nc(-c2ccc(Cl)cc2)cs1.[C-]#[N+]c1cnc(C)c(C(=O)NCC(C)(C)c2nc(-c3ccc(Cl)cc3)cs2)c1. The van der Waals surface area contributed by atoms with E-state index in [1.807, 2.05) is 92.4 Å². The van der Waals surface area contributed by atoms with Gasteiger partial charge in [-0.3, -0.25) is 29.8 Å². The van der Waals surface area contributed by atoms with Crippen LogP contribution in [-0.2, 0) is 10.8 Å². The largest absolute Gasteiger partial charge is 0.351 e. The molecule has 0 atom stereocenters. The van der Waals surface area contributed by atoms with Crippen LogP contribution in [0.25, 0.3) is 27.4 Å². The smallest absolute Gasteiger partial charge is 0.266 e. The maximum Gasteiger partial charge on any atom is 0.266 e. The van der Waals surface area contributed by atoms with Gasteiger partial charge >= 0.3 is 0 Å². The molecule has 4 aromatic heterocycles. The minimum absolute atomic E-state index is 0.222. The van der Waals surface area contributed by atoms with Crippen LogP contribution >= 0.6 is 45.9 Å². The van der Waals surface area contributed by atoms with Crippen LogP contribution in [0.5, 0.6) is 0 Å². The van der Waals surface area contributed by atoms with Gasteiger partial charge in [0.1, 0.15) is 10.0 Å². The van der Waals surface area contributed by atoms with Gasteiger partial charge in [0.05, 0.1) is 40.3 Å². The molecule has 4 heterocycles. The number of nitrogens with one attached hydrogen (secondary N) is 3. The number of nitrogens with two attached hydrogens (primary N) is 1. The topological polar surface area (TPSA) is 169 Å². The Morgan fingerprint density at radius 2 is 1.14 bits per heavy atom. The Hall–Kier alpha value is -5.56. The highest BCUT2D eigenvalue weighted by molar-refractivity contribution is 7.10. The van der Waals surface area contributed by atoms with E-state index >= 15 is 0 Å². The maximum absolute atomic E-state index is 12.7. The number of hydrazine groups is 1. The highest BCUT2D eigenvalue weighted by Crippen LogP contribution is 2.32. The Balaban J connectivity index is 0.000000221. The van der Waals surface area contributed by atoms with Crippen LogP contribution in [0, 0.1) is 20.4 Å². The second-order valence-corrected chi connectivity index (χ2v) is 17.1. The fraction of sp³-hybridized carbons (Fsp3) is 0.238. The molecule has 0 aliphatic heterocycles. The summed E-state index contributed by atoms with van der Waals surface area (Å²) in [6.07, 6.45) is 2.85. The summed E-state index contributed by atoms with van der Waals surface area (Å²) in [7, 11) is 0. The molecular formula is C42H41Cl2N9O3S2. The summed E-state index contributed by atoms with van der Waals surface area (Å²) in [5.74, 6) is 4.11. The van der Waals surface area contributed by atoms with Crippen molar-refractivity contribution in [2.75, 3.05) is 13.1 Å². The second kappa shape index (κ2) is 18.8. The molecule has 0 saturated heterocycles. The third kappa shape index (κ3) is 10.9. The van der Waals surface area contributed by atoms with E-state index in [1.54, 1.807) is 42.6 Å². The average Bonchev–Trinajstić information content (AvgIpc) is 3.93. The molecule has 16 heteroatoms. The third-order valence-electron chi connectivity index (χ3n) is 9.00. The number of aryl methyl sites for hydroxylation is 2. The minimum atomic E-state index is -0.505. The number of nitrogen functional groups attached to an aromatic ring is 1. The van der Waals surface area contributed by atoms with Crippen molar-refractivity contribution < 1.29 is 14.4 Å². The summed E-state index contributed by atoms with van der Waals surface area (Å²) < 4.78 is 0. The van der Waals surface area contributed by atoms with Crippen molar-refractivity contribution in [2.24, 2.45) is 5.84 Å². The molecule has 0 fully saturated rings. The van der Waals surface area contributed by atoms with Gasteiger partial charge < -0.3 is 10.6 Å². The van der Waals surface area contributed by atoms with Crippen LogP contribution < -0.4 is 21.9 Å². The number of pyridine rings is 2. The molecule has 5 N–H and O–H groups in total. The number of carbonyl (C=O) groups is 3. The molecule has 6 aromatic rings. The number of benzene rings is 2. The van der Waals surface area contributed by atoms with Gasteiger partial charge in [0.2, 0.25) is 5.69 Å². The van der Waals surface area contributed by atoms with E-state index in [0.29, 0.717) is 51.3 Å². The first-order valence-electron chi connectivity index (χ1n) is 17.8. The van der Waals surface area contributed by atoms with Crippen molar-refractivity contribution in [1.29, 1.82) is 0 Å². The Morgan fingerprint density at radius 1 is 0.707 bits per heavy atom. The lowest BCUT2D eigenvalue weighted by Gasteiger charge is -2.22. The van der Waals surface area contributed by atoms with Crippen LogP contribution in [-0.4, -0.2) is 50.7 Å². The first kappa shape index (κ1) is 43.6. The molecular weight excluding hydrogens is 814 g/mol. The van der Waals surface area contributed by atoms with Gasteiger partial charge in [-0.25, -0.2) is 20.7 Å². The first-order chi connectivity index (χ1) is 27.5. The zero-order valence-electron chi connectivity index (χ0n) is 32.6. The molecule has 6 rings (SSSR count). The van der Waals surface area contributed by atoms with Gasteiger partial charge in [-0.05, 0) is 50.2 Å². The number of halogens is 2. The van der Waals surface area contributed by atoms with Crippen molar-refractivity contribution in [1.82, 2.24) is 36.0 Å². The fourth-order valence-corrected chi connectivity index (χ4v) is 7.56. The van der Waals surface area contributed by atoms with Crippen LogP contribution in [0.4, 0.5) is 5.69 Å². The van der Waals surface area contributed by atoms with Crippen molar-refractivity contribution >= 4 is 69.3 Å². The lowest BCUT2D eigenvalue weighted by Crippen LogP contribution is -2.37. The average molecular weight is 855 g/mol. The van der Waals surface area contributed by atoms with E-state index in [9.17, 15) is 14.4 Å². The van der Waals surface area contributed by atoms with Gasteiger partial charge in [0.15, 0.2) is 0 Å². The summed E-state index contributed by atoms with van der Waals surface area (Å²) in [5, 5.41) is 13.1. The molecule has 0 radical (unpaired) electrons. The van der Waals surface area contributed by atoms with E-state index in [1.165, 1.54) is 18.5 Å². The number of thiazole rings is 2. The summed E-state index contributed by atoms with van der Waals surface area (Å²) >= 11 is 15.0. The highest BCUT2D eigenvalue weighted by Gasteiger charge is 2.28. The zero-order valence-corrected chi connectivity index (χ0v) is 35.8. The molecule has 0 saturated carbocycles. The van der Waals surface area contributed by atoms with Crippen molar-refractivity contribution in [3.8, 4) is 22.5 Å². The Morgan fingerprint density at radius 3 is 1.57 bits per heavy atom. The molecule has 0 aliphatic carbocycles. The quantitative estimate of drug-likeness (QED) is 0.0434. The normalized spacial score (nSPS) is 11.2. The summed E-state index contributed by atoms with van der Waals surface area (Å²) in [5.41, 5.74) is 7.50. The number of rotatable bonds is 11. The maximum atomic E-state index is 12.7. The fourth-order valence-electron chi connectivity index (χ4n) is 5.40. The van der Waals surface area contributed by atoms with E-state index < -0.39 is 11.3 Å². The number of carbonyl (C=O) groups excluding carboxylic acids is 3. The van der Waals surface area contributed by atoms with Crippen molar-refractivity contribution in [2.45, 2.75) is 52.4 Å². The number of amides is 3. The first-order valence-corrected chi connectivity index (χ1v) is 20.3. The Bertz CT molecular complexity index is 2480. The lowest BCUT2D eigenvalue weighted by atomic mass is 9.94. The molecule has 0 aliphatic rings. The Labute approximate surface area is 355 Å². The van der Waals surface area contributed by atoms with Gasteiger partial charge in [-0.15, -0.1) is 22.7 Å². The molecule has 0 unspecified atom stereocenters. The van der Waals surface area contributed by atoms with Crippen LogP contribution in [0.15, 0.2) is 83.8 Å². The summed E-state index contributed by atoms with van der Waals surface area (Å²) in [6, 6.07) is 18.1. The molecule has 0 bridgehead atoms. The number of hydrogen-bond donors (Lipinski definition) is 4. The number of aromatic nitrogens is 4. The standard InChI is InChI=1S/C21H22ClN5O2S.C21H19ClN4OS/c1-12-16(8-14(9-24-12)18(28)27-23)19(29)25-11-21(2,3)20-26-17(10-30-20)13-4-6-15(22)7-5-13;1-13-17(9-16(23-4)10-24-13)19(27)25-12-21(2,3)20-26-18(11-28-20)14-5-7-15(22)8-6-14/h4-10H,11,23H2,1-3H3,(H,25,29)(H,27,28);5-11H,12H2,1-3H3,(H,25,27). The van der Waals surface area contributed by atoms with Crippen molar-refractivity contribution in [3.05, 3.63) is 143 Å². The predicted octanol–water partition coefficient (Wildman–Crippen LogP) is 8.90. The third-order valence-corrected chi connectivity index (χ3v) is 11.9. The summed E-state index contributed by atoms with van der Waals surface area (Å²) in [6.45, 7) is 19.5. The van der Waals surface area contributed by atoms with Crippen LogP contribution in [0.2, 0.25) is 10.0 Å². The minimum Gasteiger partial charge on any atom is -0.351 e. The second-order valence-electron chi connectivity index (χ2n) is 14.5. The highest BCUT2D eigenvalue weighted by atomic mass is 35.5. The van der Waals surface area contributed by atoms with E-state index in [2.05, 4.69) is 25.4 Å². The van der Waals surface area contributed by atoms with Gasteiger partial charge in [0, 0.05) is 73.9 Å². The molecule has 0 spiro atoms. The van der Waals surface area contributed by atoms with Gasteiger partial charge in [-0.1, -0.05) is 75.2 Å². The molecule has 2 aromatic carbocycles. The van der Waals surface area contributed by atoms with E-state index in [4.69, 9.17) is 45.6 Å².